The van der Waals surface area contributed by atoms with Gasteiger partial charge in [0.05, 0.1) is 5.60 Å². The van der Waals surface area contributed by atoms with Crippen LogP contribution in [0.4, 0.5) is 9.18 Å². The largest absolute Gasteiger partial charge is 0.388 e. The standard InChI is InChI=1S/C16H23FN2O2/c17-14-7-3-2-6-13(14)8-11-18-15(20)19-12-16(21)9-4-1-5-10-16/h2-3,6-7,21H,1,4-5,8-12H2,(H2,18,19,20). The number of aliphatic hydroxyl groups is 1. The fraction of sp³-hybridized carbons (Fsp3) is 0.562. The molecule has 0 aliphatic heterocycles. The summed E-state index contributed by atoms with van der Waals surface area (Å²) in [6.07, 6.45) is 5.09. The molecule has 1 fully saturated rings. The van der Waals surface area contributed by atoms with E-state index in [-0.39, 0.29) is 18.4 Å². The Balaban J connectivity index is 1.67. The summed E-state index contributed by atoms with van der Waals surface area (Å²) < 4.78 is 13.4. The van der Waals surface area contributed by atoms with Crippen molar-refractivity contribution in [3.05, 3.63) is 35.6 Å². The molecule has 1 aromatic carbocycles. The van der Waals surface area contributed by atoms with Gasteiger partial charge in [0.15, 0.2) is 0 Å². The second kappa shape index (κ2) is 7.41. The summed E-state index contributed by atoms with van der Waals surface area (Å²) in [5.74, 6) is -0.253. The van der Waals surface area contributed by atoms with E-state index in [1.165, 1.54) is 6.07 Å². The Morgan fingerprint density at radius 3 is 2.62 bits per heavy atom. The topological polar surface area (TPSA) is 61.4 Å². The summed E-state index contributed by atoms with van der Waals surface area (Å²) in [5.41, 5.74) is -0.176. The van der Waals surface area contributed by atoms with E-state index in [1.54, 1.807) is 18.2 Å². The minimum Gasteiger partial charge on any atom is -0.388 e. The lowest BCUT2D eigenvalue weighted by molar-refractivity contribution is 0.00720. The Kier molecular flexibility index (Phi) is 5.56. The Morgan fingerprint density at radius 2 is 1.90 bits per heavy atom. The van der Waals surface area contributed by atoms with Crippen molar-refractivity contribution in [3.8, 4) is 0 Å². The number of benzene rings is 1. The van der Waals surface area contributed by atoms with E-state index in [4.69, 9.17) is 0 Å². The molecular weight excluding hydrogens is 271 g/mol. The zero-order valence-corrected chi connectivity index (χ0v) is 12.2. The first-order chi connectivity index (χ1) is 10.1. The minimum atomic E-state index is -0.763. The predicted molar refractivity (Wildman–Crippen MR) is 79.5 cm³/mol. The molecule has 0 unspecified atom stereocenters. The first-order valence-electron chi connectivity index (χ1n) is 7.57. The molecule has 1 aliphatic rings. The van der Waals surface area contributed by atoms with Crippen LogP contribution in [0.3, 0.4) is 0 Å². The van der Waals surface area contributed by atoms with Gasteiger partial charge in [0.25, 0.3) is 0 Å². The molecule has 2 amide bonds. The van der Waals surface area contributed by atoms with Gasteiger partial charge in [-0.3, -0.25) is 0 Å². The molecule has 116 valence electrons. The maximum absolute atomic E-state index is 13.4. The summed E-state index contributed by atoms with van der Waals surface area (Å²) in [6.45, 7) is 0.643. The average Bonchev–Trinajstić information content (AvgIpc) is 2.48. The van der Waals surface area contributed by atoms with Gasteiger partial charge >= 0.3 is 6.03 Å². The van der Waals surface area contributed by atoms with Crippen molar-refractivity contribution in [1.29, 1.82) is 0 Å². The second-order valence-corrected chi connectivity index (χ2v) is 5.74. The molecule has 5 heteroatoms. The fourth-order valence-electron chi connectivity index (χ4n) is 2.71. The van der Waals surface area contributed by atoms with Crippen molar-refractivity contribution in [2.24, 2.45) is 0 Å². The van der Waals surface area contributed by atoms with Crippen molar-refractivity contribution in [2.45, 2.75) is 44.1 Å². The predicted octanol–water partition coefficient (Wildman–Crippen LogP) is 2.36. The number of rotatable bonds is 5. The SMILES string of the molecule is O=C(NCCc1ccccc1F)NCC1(O)CCCCC1. The first-order valence-corrected chi connectivity index (χ1v) is 7.57. The Hall–Kier alpha value is -1.62. The van der Waals surface area contributed by atoms with Gasteiger partial charge in [-0.25, -0.2) is 9.18 Å². The lowest BCUT2D eigenvalue weighted by atomic mass is 9.85. The highest BCUT2D eigenvalue weighted by Gasteiger charge is 2.29. The van der Waals surface area contributed by atoms with Crippen LogP contribution in [0.1, 0.15) is 37.7 Å². The van der Waals surface area contributed by atoms with E-state index in [2.05, 4.69) is 10.6 Å². The van der Waals surface area contributed by atoms with Gasteiger partial charge in [-0.05, 0) is 30.9 Å². The number of carbonyl (C=O) groups is 1. The minimum absolute atomic E-state index is 0.253. The van der Waals surface area contributed by atoms with Crippen LogP contribution in [-0.4, -0.2) is 29.8 Å². The average molecular weight is 294 g/mol. The quantitative estimate of drug-likeness (QED) is 0.780. The van der Waals surface area contributed by atoms with E-state index in [9.17, 15) is 14.3 Å². The van der Waals surface area contributed by atoms with Crippen LogP contribution < -0.4 is 10.6 Å². The molecule has 0 heterocycles. The molecule has 1 aliphatic carbocycles. The molecule has 0 bridgehead atoms. The molecule has 1 aromatic rings. The Bertz CT molecular complexity index is 473. The molecular formula is C16H23FN2O2. The highest BCUT2D eigenvalue weighted by molar-refractivity contribution is 5.73. The lowest BCUT2D eigenvalue weighted by Crippen LogP contribution is -2.47. The van der Waals surface area contributed by atoms with Crippen molar-refractivity contribution < 1.29 is 14.3 Å². The number of carbonyl (C=O) groups excluding carboxylic acids is 1. The van der Waals surface area contributed by atoms with Crippen LogP contribution in [0.2, 0.25) is 0 Å². The van der Waals surface area contributed by atoms with Crippen molar-refractivity contribution in [2.75, 3.05) is 13.1 Å². The normalized spacial score (nSPS) is 17.2. The van der Waals surface area contributed by atoms with E-state index in [0.29, 0.717) is 18.5 Å². The third-order valence-electron chi connectivity index (χ3n) is 4.00. The van der Waals surface area contributed by atoms with E-state index in [1.807, 2.05) is 0 Å². The number of amides is 2. The molecule has 3 N–H and O–H groups in total. The van der Waals surface area contributed by atoms with Gasteiger partial charge in [-0.15, -0.1) is 0 Å². The molecule has 0 aromatic heterocycles. The van der Waals surface area contributed by atoms with Crippen molar-refractivity contribution >= 4 is 6.03 Å². The number of urea groups is 1. The second-order valence-electron chi connectivity index (χ2n) is 5.74. The van der Waals surface area contributed by atoms with E-state index >= 15 is 0 Å². The highest BCUT2D eigenvalue weighted by atomic mass is 19.1. The van der Waals surface area contributed by atoms with Crippen LogP contribution in [0.25, 0.3) is 0 Å². The number of halogens is 1. The highest BCUT2D eigenvalue weighted by Crippen LogP contribution is 2.27. The van der Waals surface area contributed by atoms with Gasteiger partial charge < -0.3 is 15.7 Å². The van der Waals surface area contributed by atoms with Crippen LogP contribution in [0, 0.1) is 5.82 Å². The summed E-state index contributed by atoms with van der Waals surface area (Å²) in [4.78, 5) is 11.7. The van der Waals surface area contributed by atoms with Gasteiger partial charge in [-0.1, -0.05) is 37.5 Å². The molecule has 4 nitrogen and oxygen atoms in total. The maximum atomic E-state index is 13.4. The molecule has 0 atom stereocenters. The van der Waals surface area contributed by atoms with Crippen LogP contribution in [0.5, 0.6) is 0 Å². The van der Waals surface area contributed by atoms with Crippen molar-refractivity contribution in [3.63, 3.8) is 0 Å². The Labute approximate surface area is 124 Å². The van der Waals surface area contributed by atoms with Gasteiger partial charge in [0.2, 0.25) is 0 Å². The Morgan fingerprint density at radius 1 is 1.19 bits per heavy atom. The number of hydrogen-bond acceptors (Lipinski definition) is 2. The van der Waals surface area contributed by atoms with Gasteiger partial charge in [-0.2, -0.15) is 0 Å². The fourth-order valence-corrected chi connectivity index (χ4v) is 2.71. The van der Waals surface area contributed by atoms with Crippen molar-refractivity contribution in [1.82, 2.24) is 10.6 Å². The van der Waals surface area contributed by atoms with E-state index in [0.717, 1.165) is 32.1 Å². The molecule has 0 saturated heterocycles. The molecule has 1 saturated carbocycles. The van der Waals surface area contributed by atoms with E-state index < -0.39 is 5.60 Å². The van der Waals surface area contributed by atoms with Gasteiger partial charge in [0, 0.05) is 13.1 Å². The smallest absolute Gasteiger partial charge is 0.314 e. The summed E-state index contributed by atoms with van der Waals surface area (Å²) in [7, 11) is 0. The monoisotopic (exact) mass is 294 g/mol. The van der Waals surface area contributed by atoms with Crippen LogP contribution >= 0.6 is 0 Å². The molecule has 21 heavy (non-hydrogen) atoms. The molecule has 2 rings (SSSR count). The number of hydrogen-bond donors (Lipinski definition) is 3. The maximum Gasteiger partial charge on any atom is 0.314 e. The summed E-state index contributed by atoms with van der Waals surface area (Å²) in [5, 5.41) is 15.7. The molecule has 0 radical (unpaired) electrons. The lowest BCUT2D eigenvalue weighted by Gasteiger charge is -2.32. The zero-order chi connectivity index (χ0) is 15.1. The first kappa shape index (κ1) is 15.8. The molecule has 0 spiro atoms. The van der Waals surface area contributed by atoms with Gasteiger partial charge in [0.1, 0.15) is 5.82 Å². The zero-order valence-electron chi connectivity index (χ0n) is 12.2. The number of nitrogens with one attached hydrogen (secondary N) is 2. The van der Waals surface area contributed by atoms with Crippen LogP contribution in [0.15, 0.2) is 24.3 Å². The third-order valence-corrected chi connectivity index (χ3v) is 4.00. The third kappa shape index (κ3) is 5.01. The summed E-state index contributed by atoms with van der Waals surface area (Å²) in [6, 6.07) is 6.22. The summed E-state index contributed by atoms with van der Waals surface area (Å²) >= 11 is 0. The van der Waals surface area contributed by atoms with Crippen LogP contribution in [-0.2, 0) is 6.42 Å².